The van der Waals surface area contributed by atoms with Crippen molar-refractivity contribution in [3.8, 4) is 5.75 Å². The summed E-state index contributed by atoms with van der Waals surface area (Å²) in [5.41, 5.74) is 7.32. The summed E-state index contributed by atoms with van der Waals surface area (Å²) in [4.78, 5) is 0. The molecule has 2 aromatic carbocycles. The summed E-state index contributed by atoms with van der Waals surface area (Å²) in [7, 11) is 0. The van der Waals surface area contributed by atoms with Gasteiger partial charge in [0.1, 0.15) is 12.4 Å². The smallest absolute Gasteiger partial charge is 0.165 e. The molecule has 0 spiro atoms. The van der Waals surface area contributed by atoms with Crippen LogP contribution in [0, 0.1) is 11.6 Å². The Morgan fingerprint density at radius 2 is 1.90 bits per heavy atom. The summed E-state index contributed by atoms with van der Waals surface area (Å²) >= 11 is 0. The quantitative estimate of drug-likeness (QED) is 0.878. The average Bonchev–Trinajstić information content (AvgIpc) is 2.46. The molecular weight excluding hydrogens is 272 g/mol. The van der Waals surface area contributed by atoms with Crippen LogP contribution in [-0.4, -0.2) is 6.04 Å². The van der Waals surface area contributed by atoms with Crippen LogP contribution in [0.1, 0.15) is 24.5 Å². The maximum atomic E-state index is 13.9. The molecule has 4 heteroatoms. The largest absolute Gasteiger partial charge is 0.486 e. The number of hydrogen-bond donors (Lipinski definition) is 1. The van der Waals surface area contributed by atoms with E-state index in [0.717, 1.165) is 12.0 Å². The fraction of sp³-hybridized carbons (Fsp3) is 0.294. The van der Waals surface area contributed by atoms with Crippen molar-refractivity contribution >= 4 is 0 Å². The van der Waals surface area contributed by atoms with Crippen LogP contribution in [0.15, 0.2) is 42.5 Å². The van der Waals surface area contributed by atoms with Crippen molar-refractivity contribution in [1.82, 2.24) is 0 Å². The minimum Gasteiger partial charge on any atom is -0.486 e. The second-order valence-electron chi connectivity index (χ2n) is 5.02. The average molecular weight is 291 g/mol. The van der Waals surface area contributed by atoms with Crippen LogP contribution in [0.3, 0.4) is 0 Å². The molecule has 112 valence electrons. The van der Waals surface area contributed by atoms with Crippen LogP contribution in [-0.2, 0) is 13.0 Å². The zero-order chi connectivity index (χ0) is 15.2. The molecule has 0 aliphatic heterocycles. The van der Waals surface area contributed by atoms with E-state index in [1.807, 2.05) is 6.92 Å². The highest BCUT2D eigenvalue weighted by molar-refractivity contribution is 5.36. The van der Waals surface area contributed by atoms with Crippen LogP contribution in [0.2, 0.25) is 0 Å². The lowest BCUT2D eigenvalue weighted by atomic mass is 10.0. The summed E-state index contributed by atoms with van der Waals surface area (Å²) in [5, 5.41) is 0. The Bertz CT molecular complexity index is 601. The van der Waals surface area contributed by atoms with E-state index in [1.165, 1.54) is 18.2 Å². The highest BCUT2D eigenvalue weighted by atomic mass is 19.1. The number of hydrogen-bond acceptors (Lipinski definition) is 2. The van der Waals surface area contributed by atoms with Gasteiger partial charge in [-0.25, -0.2) is 8.78 Å². The molecule has 2 nitrogen and oxygen atoms in total. The van der Waals surface area contributed by atoms with Gasteiger partial charge >= 0.3 is 0 Å². The van der Waals surface area contributed by atoms with Gasteiger partial charge in [0.05, 0.1) is 0 Å². The highest BCUT2D eigenvalue weighted by Crippen LogP contribution is 2.25. The molecule has 0 aromatic heterocycles. The molecular formula is C17H19F2NO. The molecule has 0 fully saturated rings. The van der Waals surface area contributed by atoms with E-state index in [-0.39, 0.29) is 24.2 Å². The van der Waals surface area contributed by atoms with Crippen LogP contribution < -0.4 is 10.5 Å². The summed E-state index contributed by atoms with van der Waals surface area (Å²) in [6.07, 6.45) is 1.35. The SMILES string of the molecule is CCC(N)Cc1cccc(F)c1OCc1cccc(F)c1. The lowest BCUT2D eigenvalue weighted by Gasteiger charge is -2.15. The number of halogens is 2. The van der Waals surface area contributed by atoms with Gasteiger partial charge in [-0.15, -0.1) is 0 Å². The Kier molecular flexibility index (Phi) is 5.28. The van der Waals surface area contributed by atoms with E-state index in [9.17, 15) is 8.78 Å². The van der Waals surface area contributed by atoms with E-state index in [4.69, 9.17) is 10.5 Å². The lowest BCUT2D eigenvalue weighted by molar-refractivity contribution is 0.285. The van der Waals surface area contributed by atoms with Crippen molar-refractivity contribution in [3.63, 3.8) is 0 Å². The van der Waals surface area contributed by atoms with E-state index >= 15 is 0 Å². The second-order valence-corrected chi connectivity index (χ2v) is 5.02. The maximum Gasteiger partial charge on any atom is 0.165 e. The number of para-hydroxylation sites is 1. The number of nitrogens with two attached hydrogens (primary N) is 1. The van der Waals surface area contributed by atoms with Crippen molar-refractivity contribution in [2.24, 2.45) is 5.73 Å². The first kappa shape index (κ1) is 15.4. The zero-order valence-electron chi connectivity index (χ0n) is 12.0. The molecule has 21 heavy (non-hydrogen) atoms. The molecule has 2 N–H and O–H groups in total. The van der Waals surface area contributed by atoms with Gasteiger partial charge < -0.3 is 10.5 Å². The Hall–Kier alpha value is -1.94. The molecule has 1 unspecified atom stereocenters. The number of benzene rings is 2. The Morgan fingerprint density at radius 1 is 1.14 bits per heavy atom. The summed E-state index contributed by atoms with van der Waals surface area (Å²) < 4.78 is 32.6. The first-order valence-electron chi connectivity index (χ1n) is 7.00. The van der Waals surface area contributed by atoms with Gasteiger partial charge in [0.2, 0.25) is 0 Å². The van der Waals surface area contributed by atoms with Crippen LogP contribution >= 0.6 is 0 Å². The molecule has 0 amide bonds. The lowest BCUT2D eigenvalue weighted by Crippen LogP contribution is -2.22. The van der Waals surface area contributed by atoms with Gasteiger partial charge in [0.15, 0.2) is 11.6 Å². The molecule has 2 aromatic rings. The molecule has 0 heterocycles. The predicted molar refractivity (Wildman–Crippen MR) is 79.1 cm³/mol. The van der Waals surface area contributed by atoms with E-state index < -0.39 is 5.82 Å². The summed E-state index contributed by atoms with van der Waals surface area (Å²) in [6.45, 7) is 2.10. The van der Waals surface area contributed by atoms with Crippen molar-refractivity contribution in [2.75, 3.05) is 0 Å². The third-order valence-corrected chi connectivity index (χ3v) is 3.33. The van der Waals surface area contributed by atoms with Crippen molar-refractivity contribution in [1.29, 1.82) is 0 Å². The first-order chi connectivity index (χ1) is 10.1. The van der Waals surface area contributed by atoms with Gasteiger partial charge in [-0.2, -0.15) is 0 Å². The number of ether oxygens (including phenoxy) is 1. The topological polar surface area (TPSA) is 35.2 Å². The van der Waals surface area contributed by atoms with E-state index in [2.05, 4.69) is 0 Å². The molecule has 1 atom stereocenters. The molecule has 0 radical (unpaired) electrons. The fourth-order valence-corrected chi connectivity index (χ4v) is 2.08. The third kappa shape index (κ3) is 4.26. The highest BCUT2D eigenvalue weighted by Gasteiger charge is 2.12. The van der Waals surface area contributed by atoms with Gasteiger partial charge in [-0.3, -0.25) is 0 Å². The zero-order valence-corrected chi connectivity index (χ0v) is 12.0. The van der Waals surface area contributed by atoms with E-state index in [1.54, 1.807) is 24.3 Å². The maximum absolute atomic E-state index is 13.9. The molecule has 2 rings (SSSR count). The summed E-state index contributed by atoms with van der Waals surface area (Å²) in [6, 6.07) is 10.8. The third-order valence-electron chi connectivity index (χ3n) is 3.33. The fourth-order valence-electron chi connectivity index (χ4n) is 2.08. The standard InChI is InChI=1S/C17H19F2NO/c1-2-15(20)10-13-6-4-8-16(19)17(13)21-11-12-5-3-7-14(18)9-12/h3-9,15H,2,10-11,20H2,1H3. The Balaban J connectivity index is 2.15. The van der Waals surface area contributed by atoms with Gasteiger partial charge in [0.25, 0.3) is 0 Å². The molecule has 0 saturated carbocycles. The monoisotopic (exact) mass is 291 g/mol. The van der Waals surface area contributed by atoms with Crippen LogP contribution in [0.5, 0.6) is 5.75 Å². The first-order valence-corrected chi connectivity index (χ1v) is 7.00. The Labute approximate surface area is 123 Å². The number of rotatable bonds is 6. The van der Waals surface area contributed by atoms with Gasteiger partial charge in [-0.1, -0.05) is 31.2 Å². The van der Waals surface area contributed by atoms with Crippen molar-refractivity contribution in [2.45, 2.75) is 32.4 Å². The van der Waals surface area contributed by atoms with Gasteiger partial charge in [-0.05, 0) is 42.2 Å². The van der Waals surface area contributed by atoms with Crippen molar-refractivity contribution in [3.05, 3.63) is 65.2 Å². The van der Waals surface area contributed by atoms with Crippen LogP contribution in [0.4, 0.5) is 8.78 Å². The molecule has 0 aliphatic carbocycles. The van der Waals surface area contributed by atoms with E-state index in [0.29, 0.717) is 12.0 Å². The summed E-state index contributed by atoms with van der Waals surface area (Å²) in [5.74, 6) is -0.560. The Morgan fingerprint density at radius 3 is 2.62 bits per heavy atom. The molecule has 0 bridgehead atoms. The molecule has 0 saturated heterocycles. The molecule has 0 aliphatic rings. The minimum absolute atomic E-state index is 0.0386. The predicted octanol–water partition coefficient (Wildman–Crippen LogP) is 3.82. The van der Waals surface area contributed by atoms with Crippen LogP contribution in [0.25, 0.3) is 0 Å². The van der Waals surface area contributed by atoms with Gasteiger partial charge in [0, 0.05) is 6.04 Å². The normalized spacial score (nSPS) is 12.2. The second kappa shape index (κ2) is 7.18. The minimum atomic E-state index is -0.424. The van der Waals surface area contributed by atoms with Crippen molar-refractivity contribution < 1.29 is 13.5 Å².